The van der Waals surface area contributed by atoms with Gasteiger partial charge in [-0.3, -0.25) is 4.79 Å². The van der Waals surface area contributed by atoms with Gasteiger partial charge in [0.1, 0.15) is 6.10 Å². The van der Waals surface area contributed by atoms with Crippen LogP contribution >= 0.6 is 0 Å². The first-order valence-corrected chi connectivity index (χ1v) is 17.3. The molecule has 0 bridgehead atoms. The highest BCUT2D eigenvalue weighted by molar-refractivity contribution is 5.69. The molecule has 0 aromatic carbocycles. The van der Waals surface area contributed by atoms with Crippen molar-refractivity contribution < 1.29 is 33.3 Å². The van der Waals surface area contributed by atoms with Gasteiger partial charge < -0.3 is 28.6 Å². The molecule has 8 heteroatoms. The lowest BCUT2D eigenvalue weighted by molar-refractivity contribution is -0.159. The second-order valence-electron chi connectivity index (χ2n) is 11.7. The van der Waals surface area contributed by atoms with Gasteiger partial charge in [0.05, 0.1) is 19.6 Å². The van der Waals surface area contributed by atoms with Crippen LogP contribution in [0.2, 0.25) is 0 Å². The van der Waals surface area contributed by atoms with E-state index in [1.54, 1.807) is 0 Å². The average Bonchev–Trinajstić information content (AvgIpc) is 3.00. The first kappa shape index (κ1) is 38.6. The number of nitrogens with zero attached hydrogens (tertiary/aromatic N) is 1. The summed E-state index contributed by atoms with van der Waals surface area (Å²) in [5.74, 6) is 0.0493. The highest BCUT2D eigenvalue weighted by atomic mass is 16.7. The SMILES string of the molecule is [CH2]CC(CCOC(=O)CCC(OCCCCCCCC)OCCCCCCCC)OC(=O)OCC1CCCN(CC)C1. The van der Waals surface area contributed by atoms with Crippen LogP contribution in [0.15, 0.2) is 0 Å². The van der Waals surface area contributed by atoms with E-state index in [0.29, 0.717) is 45.0 Å². The van der Waals surface area contributed by atoms with Crippen LogP contribution in [0.1, 0.15) is 136 Å². The van der Waals surface area contributed by atoms with Gasteiger partial charge in [-0.05, 0) is 52.1 Å². The molecule has 1 radical (unpaired) electrons. The number of likely N-dealkylation sites (tertiary alicyclic amines) is 1. The third-order valence-electron chi connectivity index (χ3n) is 7.96. The predicted octanol–water partition coefficient (Wildman–Crippen LogP) is 8.26. The fraction of sp³-hybridized carbons (Fsp3) is 0.912. The summed E-state index contributed by atoms with van der Waals surface area (Å²) in [6.07, 6.45) is 16.6. The van der Waals surface area contributed by atoms with Gasteiger partial charge in [-0.2, -0.15) is 0 Å². The highest BCUT2D eigenvalue weighted by Crippen LogP contribution is 2.17. The molecule has 0 aromatic rings. The summed E-state index contributed by atoms with van der Waals surface area (Å²) < 4.78 is 28.3. The Bertz CT molecular complexity index is 629. The Hall–Kier alpha value is -1.38. The lowest BCUT2D eigenvalue weighted by Crippen LogP contribution is -2.37. The van der Waals surface area contributed by atoms with E-state index in [1.807, 2.05) is 0 Å². The van der Waals surface area contributed by atoms with E-state index >= 15 is 0 Å². The zero-order chi connectivity index (χ0) is 30.7. The molecule has 1 saturated heterocycles. The third-order valence-corrected chi connectivity index (χ3v) is 7.96. The predicted molar refractivity (Wildman–Crippen MR) is 168 cm³/mol. The summed E-state index contributed by atoms with van der Waals surface area (Å²) in [5, 5.41) is 0. The normalized spacial score (nSPS) is 16.5. The third kappa shape index (κ3) is 21.3. The molecule has 1 rings (SSSR count). The van der Waals surface area contributed by atoms with Crippen molar-refractivity contribution in [3.8, 4) is 0 Å². The molecular weight excluding hydrogens is 534 g/mol. The summed E-state index contributed by atoms with van der Waals surface area (Å²) in [6, 6.07) is 0. The number of hydrogen-bond donors (Lipinski definition) is 0. The molecule has 2 unspecified atom stereocenters. The van der Waals surface area contributed by atoms with E-state index in [1.165, 1.54) is 51.4 Å². The molecule has 0 spiro atoms. The summed E-state index contributed by atoms with van der Waals surface area (Å²) >= 11 is 0. The number of ether oxygens (including phenoxy) is 5. The fourth-order valence-electron chi connectivity index (χ4n) is 5.21. The number of piperidine rings is 1. The van der Waals surface area contributed by atoms with Crippen molar-refractivity contribution in [2.24, 2.45) is 5.92 Å². The van der Waals surface area contributed by atoms with Gasteiger partial charge in [-0.25, -0.2) is 4.79 Å². The Balaban J connectivity index is 2.29. The maximum absolute atomic E-state index is 12.4. The molecule has 8 nitrogen and oxygen atoms in total. The zero-order valence-corrected chi connectivity index (χ0v) is 27.4. The average molecular weight is 599 g/mol. The Morgan fingerprint density at radius 1 is 0.810 bits per heavy atom. The second kappa shape index (κ2) is 27.2. The molecular formula is C34H64NO7. The Morgan fingerprint density at radius 2 is 1.43 bits per heavy atom. The van der Waals surface area contributed by atoms with Gasteiger partial charge in [0.15, 0.2) is 6.29 Å². The van der Waals surface area contributed by atoms with Gasteiger partial charge in [-0.15, -0.1) is 0 Å². The molecule has 247 valence electrons. The van der Waals surface area contributed by atoms with E-state index in [0.717, 1.165) is 58.2 Å². The van der Waals surface area contributed by atoms with Crippen LogP contribution in [0.25, 0.3) is 0 Å². The van der Waals surface area contributed by atoms with Crippen LogP contribution in [-0.2, 0) is 28.5 Å². The summed E-state index contributed by atoms with van der Waals surface area (Å²) in [4.78, 5) is 27.0. The minimum absolute atomic E-state index is 0.169. The van der Waals surface area contributed by atoms with Crippen molar-refractivity contribution >= 4 is 12.1 Å². The molecule has 1 heterocycles. The van der Waals surface area contributed by atoms with Crippen LogP contribution in [-0.4, -0.2) is 75.5 Å². The molecule has 1 aliphatic rings. The van der Waals surface area contributed by atoms with Crippen LogP contribution in [0.5, 0.6) is 0 Å². The first-order valence-electron chi connectivity index (χ1n) is 17.3. The molecule has 0 aromatic heterocycles. The molecule has 0 aliphatic carbocycles. The molecule has 2 atom stereocenters. The van der Waals surface area contributed by atoms with Crippen molar-refractivity contribution in [1.82, 2.24) is 4.90 Å². The number of hydrogen-bond acceptors (Lipinski definition) is 8. The Kier molecular flexibility index (Phi) is 25.0. The molecule has 0 amide bonds. The lowest BCUT2D eigenvalue weighted by atomic mass is 9.99. The van der Waals surface area contributed by atoms with Crippen molar-refractivity contribution in [1.29, 1.82) is 0 Å². The molecule has 42 heavy (non-hydrogen) atoms. The van der Waals surface area contributed by atoms with Crippen molar-refractivity contribution in [2.45, 2.75) is 149 Å². The quantitative estimate of drug-likeness (QED) is 0.0531. The van der Waals surface area contributed by atoms with E-state index in [-0.39, 0.29) is 25.3 Å². The maximum atomic E-state index is 12.4. The fourth-order valence-corrected chi connectivity index (χ4v) is 5.21. The van der Waals surface area contributed by atoms with Crippen LogP contribution in [0.3, 0.4) is 0 Å². The smallest absolute Gasteiger partial charge is 0.466 e. The monoisotopic (exact) mass is 598 g/mol. The first-order chi connectivity index (χ1) is 20.5. The summed E-state index contributed by atoms with van der Waals surface area (Å²) in [6.45, 7) is 15.4. The van der Waals surface area contributed by atoms with Gasteiger partial charge in [-0.1, -0.05) is 85.0 Å². The Morgan fingerprint density at radius 3 is 2.02 bits per heavy atom. The summed E-state index contributed by atoms with van der Waals surface area (Å²) in [5.41, 5.74) is 0. The number of carbonyl (C=O) groups excluding carboxylic acids is 2. The largest absolute Gasteiger partial charge is 0.508 e. The minimum atomic E-state index is -0.670. The van der Waals surface area contributed by atoms with Gasteiger partial charge in [0, 0.05) is 38.5 Å². The molecule has 0 saturated carbocycles. The number of rotatable bonds is 27. The van der Waals surface area contributed by atoms with Gasteiger partial charge in [0.25, 0.3) is 0 Å². The van der Waals surface area contributed by atoms with E-state index in [9.17, 15) is 9.59 Å². The van der Waals surface area contributed by atoms with Crippen LogP contribution < -0.4 is 0 Å². The lowest BCUT2D eigenvalue weighted by Gasteiger charge is -2.31. The number of unbranched alkanes of at least 4 members (excludes halogenated alkanes) is 10. The number of carbonyl (C=O) groups is 2. The second-order valence-corrected chi connectivity index (χ2v) is 11.7. The van der Waals surface area contributed by atoms with E-state index < -0.39 is 12.3 Å². The van der Waals surface area contributed by atoms with Gasteiger partial charge in [0.2, 0.25) is 0 Å². The number of esters is 1. The van der Waals surface area contributed by atoms with Crippen LogP contribution in [0, 0.1) is 12.8 Å². The standard InChI is InChI=1S/C34H64NO7/c1-5-9-11-13-15-17-25-39-33(40-26-18-16-14-12-10-6-2)22-21-32(36)38-27-23-31(7-3)42-34(37)41-29-30-20-19-24-35(8-4)28-30/h30-31,33H,3,5-29H2,1-2,4H3. The molecule has 1 fully saturated rings. The summed E-state index contributed by atoms with van der Waals surface area (Å²) in [7, 11) is 0. The van der Waals surface area contributed by atoms with E-state index in [2.05, 4.69) is 32.6 Å². The molecule has 1 aliphatic heterocycles. The Labute approximate surface area is 257 Å². The van der Waals surface area contributed by atoms with Gasteiger partial charge >= 0.3 is 12.1 Å². The molecule has 0 N–H and O–H groups in total. The maximum Gasteiger partial charge on any atom is 0.508 e. The van der Waals surface area contributed by atoms with Crippen molar-refractivity contribution in [3.05, 3.63) is 6.92 Å². The van der Waals surface area contributed by atoms with Crippen molar-refractivity contribution in [2.75, 3.05) is 46.1 Å². The van der Waals surface area contributed by atoms with E-state index in [4.69, 9.17) is 23.7 Å². The highest BCUT2D eigenvalue weighted by Gasteiger charge is 2.22. The van der Waals surface area contributed by atoms with Crippen molar-refractivity contribution in [3.63, 3.8) is 0 Å². The minimum Gasteiger partial charge on any atom is -0.466 e. The van der Waals surface area contributed by atoms with Crippen LogP contribution in [0.4, 0.5) is 4.79 Å². The topological polar surface area (TPSA) is 83.5 Å². The zero-order valence-electron chi connectivity index (χ0n) is 27.4.